The van der Waals surface area contributed by atoms with Gasteiger partial charge in [-0.25, -0.2) is 0 Å². The van der Waals surface area contributed by atoms with Crippen molar-refractivity contribution < 1.29 is 19.4 Å². The first-order valence-corrected chi connectivity index (χ1v) is 13.7. The summed E-state index contributed by atoms with van der Waals surface area (Å²) < 4.78 is 5.43. The molecule has 2 atom stereocenters. The maximum Gasteiger partial charge on any atom is 0.323 e. The van der Waals surface area contributed by atoms with Crippen molar-refractivity contribution in [2.45, 2.75) is 24.9 Å². The molecule has 0 aromatic heterocycles. The van der Waals surface area contributed by atoms with E-state index in [1.165, 1.54) is 0 Å². The van der Waals surface area contributed by atoms with Gasteiger partial charge >= 0.3 is 11.9 Å². The van der Waals surface area contributed by atoms with Gasteiger partial charge in [0.05, 0.1) is 6.54 Å². The fourth-order valence-electron chi connectivity index (χ4n) is 3.77. The molecular weight excluding hydrogens is 574 g/mol. The summed E-state index contributed by atoms with van der Waals surface area (Å²) in [6.07, 6.45) is 0.595. The molecule has 212 valence electrons. The molecule has 2 rings (SSSR count). The maximum atomic E-state index is 12.5. The first kappa shape index (κ1) is 34.1. The molecule has 0 amide bonds. The van der Waals surface area contributed by atoms with Gasteiger partial charge in [-0.3, -0.25) is 9.59 Å². The van der Waals surface area contributed by atoms with E-state index in [4.69, 9.17) is 56.1 Å². The van der Waals surface area contributed by atoms with Crippen LogP contribution >= 0.6 is 47.2 Å². The van der Waals surface area contributed by atoms with Gasteiger partial charge in [0.15, 0.2) is 0 Å². The van der Waals surface area contributed by atoms with Gasteiger partial charge < -0.3 is 31.1 Å². The SMILES string of the molecule is Cl.N[C@@H](Cc1ccc(N(CCCl)CCOC(=O)[C@@H](N)Cc2ccc(N(CCCl)CCCl)cc2)cc1)C(=O)O. The molecule has 0 aliphatic rings. The van der Waals surface area contributed by atoms with Crippen molar-refractivity contribution in [3.63, 3.8) is 0 Å². The Balaban J connectivity index is 0.00000722. The Labute approximate surface area is 245 Å². The lowest BCUT2D eigenvalue weighted by molar-refractivity contribution is -0.145. The molecule has 0 aliphatic carbocycles. The number of hydrogen-bond donors (Lipinski definition) is 3. The summed E-state index contributed by atoms with van der Waals surface area (Å²) in [6, 6.07) is 13.5. The molecule has 0 fully saturated rings. The minimum Gasteiger partial charge on any atom is -0.480 e. The standard InChI is InChI=1S/C26H35Cl3N4O4.ClH/c27-9-12-32(13-10-28)21-5-3-20(4-6-21)18-24(31)26(36)37-16-15-33(14-11-29)22-7-1-19(2-8-22)17-23(30)25(34)35;/h1-8,23-24H,9-18,30-31H2,(H,34,35);1H/t23-,24-;/m0./s1. The molecule has 8 nitrogen and oxygen atoms in total. The average molecular weight is 610 g/mol. The summed E-state index contributed by atoms with van der Waals surface area (Å²) in [5.41, 5.74) is 15.3. The fraction of sp³-hybridized carbons (Fsp3) is 0.462. The third-order valence-corrected chi connectivity index (χ3v) is 6.31. The third-order valence-electron chi connectivity index (χ3n) is 5.80. The molecule has 38 heavy (non-hydrogen) atoms. The number of benzene rings is 2. The average Bonchev–Trinajstić information content (AvgIpc) is 2.89. The van der Waals surface area contributed by atoms with Crippen molar-refractivity contribution in [1.29, 1.82) is 0 Å². The Hall–Kier alpha value is -1.94. The van der Waals surface area contributed by atoms with Crippen LogP contribution < -0.4 is 21.3 Å². The molecule has 12 heteroatoms. The van der Waals surface area contributed by atoms with Crippen LogP contribution in [-0.4, -0.2) is 79.6 Å². The molecule has 0 aliphatic heterocycles. The second-order valence-corrected chi connectivity index (χ2v) is 9.63. The van der Waals surface area contributed by atoms with Crippen molar-refractivity contribution in [3.05, 3.63) is 59.7 Å². The number of aliphatic carboxylic acids is 1. The molecule has 0 saturated heterocycles. The summed E-state index contributed by atoms with van der Waals surface area (Å²) in [5.74, 6) is -0.114. The number of carbonyl (C=O) groups is 2. The molecule has 0 heterocycles. The number of carboxylic acids is 1. The number of carboxylic acid groups (broad SMARTS) is 1. The second kappa shape index (κ2) is 18.4. The predicted octanol–water partition coefficient (Wildman–Crippen LogP) is 3.51. The first-order valence-electron chi connectivity index (χ1n) is 12.0. The molecule has 2 aromatic carbocycles. The van der Waals surface area contributed by atoms with E-state index in [0.29, 0.717) is 50.2 Å². The minimum atomic E-state index is -1.04. The number of nitrogens with two attached hydrogens (primary N) is 2. The lowest BCUT2D eigenvalue weighted by Crippen LogP contribution is -2.37. The fourth-order valence-corrected chi connectivity index (χ4v) is 4.39. The Kier molecular flexibility index (Phi) is 16.5. The number of anilines is 2. The number of ether oxygens (including phenoxy) is 1. The number of carbonyl (C=O) groups excluding carboxylic acids is 1. The van der Waals surface area contributed by atoms with Gasteiger partial charge in [0, 0.05) is 48.6 Å². The predicted molar refractivity (Wildman–Crippen MR) is 159 cm³/mol. The zero-order valence-electron chi connectivity index (χ0n) is 21.1. The van der Waals surface area contributed by atoms with Crippen LogP contribution in [0, 0.1) is 0 Å². The Bertz CT molecular complexity index is 961. The van der Waals surface area contributed by atoms with Crippen LogP contribution in [0.4, 0.5) is 11.4 Å². The number of halogens is 4. The van der Waals surface area contributed by atoms with Crippen LogP contribution in [0.25, 0.3) is 0 Å². The highest BCUT2D eigenvalue weighted by atomic mass is 35.5. The molecule has 0 radical (unpaired) electrons. The van der Waals surface area contributed by atoms with Gasteiger partial charge in [0.25, 0.3) is 0 Å². The number of nitrogens with zero attached hydrogens (tertiary/aromatic N) is 2. The highest BCUT2D eigenvalue weighted by molar-refractivity contribution is 6.18. The van der Waals surface area contributed by atoms with E-state index in [-0.39, 0.29) is 25.4 Å². The highest BCUT2D eigenvalue weighted by Gasteiger charge is 2.17. The van der Waals surface area contributed by atoms with E-state index in [2.05, 4.69) is 4.90 Å². The monoisotopic (exact) mass is 608 g/mol. The van der Waals surface area contributed by atoms with Crippen molar-refractivity contribution in [3.8, 4) is 0 Å². The van der Waals surface area contributed by atoms with Crippen LogP contribution in [0.1, 0.15) is 11.1 Å². The van der Waals surface area contributed by atoms with Gasteiger partial charge in [-0.1, -0.05) is 24.3 Å². The second-order valence-electron chi connectivity index (χ2n) is 8.50. The van der Waals surface area contributed by atoms with Crippen LogP contribution in [0.5, 0.6) is 0 Å². The summed E-state index contributed by atoms with van der Waals surface area (Å²) in [4.78, 5) is 27.5. The normalized spacial score (nSPS) is 12.2. The third kappa shape index (κ3) is 11.4. The zero-order valence-corrected chi connectivity index (χ0v) is 24.2. The van der Waals surface area contributed by atoms with E-state index in [1.54, 1.807) is 0 Å². The molecule has 0 spiro atoms. The molecular formula is C26H36Cl4N4O4. The van der Waals surface area contributed by atoms with E-state index in [0.717, 1.165) is 22.5 Å². The van der Waals surface area contributed by atoms with Gasteiger partial charge in [-0.2, -0.15) is 0 Å². The number of alkyl halides is 3. The van der Waals surface area contributed by atoms with Gasteiger partial charge in [-0.15, -0.1) is 47.2 Å². The van der Waals surface area contributed by atoms with E-state index in [9.17, 15) is 9.59 Å². The van der Waals surface area contributed by atoms with Gasteiger partial charge in [0.1, 0.15) is 18.7 Å². The summed E-state index contributed by atoms with van der Waals surface area (Å²) in [5, 5.41) is 8.98. The first-order chi connectivity index (χ1) is 17.8. The van der Waals surface area contributed by atoms with Crippen molar-refractivity contribution >= 4 is 70.5 Å². The van der Waals surface area contributed by atoms with Crippen molar-refractivity contribution in [1.82, 2.24) is 0 Å². The van der Waals surface area contributed by atoms with E-state index < -0.39 is 24.0 Å². The van der Waals surface area contributed by atoms with E-state index in [1.807, 2.05) is 53.4 Å². The Morgan fingerprint density at radius 2 is 1.13 bits per heavy atom. The number of hydrogen-bond acceptors (Lipinski definition) is 7. The van der Waals surface area contributed by atoms with Gasteiger partial charge in [0.2, 0.25) is 0 Å². The number of rotatable bonds is 17. The highest BCUT2D eigenvalue weighted by Crippen LogP contribution is 2.18. The van der Waals surface area contributed by atoms with Crippen LogP contribution in [0.2, 0.25) is 0 Å². The minimum absolute atomic E-state index is 0. The van der Waals surface area contributed by atoms with Crippen LogP contribution in [0.3, 0.4) is 0 Å². The molecule has 0 saturated carbocycles. The Morgan fingerprint density at radius 1 is 0.737 bits per heavy atom. The molecule has 0 bridgehead atoms. The van der Waals surface area contributed by atoms with Gasteiger partial charge in [-0.05, 0) is 48.2 Å². The lowest BCUT2D eigenvalue weighted by atomic mass is 10.1. The lowest BCUT2D eigenvalue weighted by Gasteiger charge is -2.24. The largest absolute Gasteiger partial charge is 0.480 e. The summed E-state index contributed by atoms with van der Waals surface area (Å²) >= 11 is 17.7. The van der Waals surface area contributed by atoms with Crippen LogP contribution in [0.15, 0.2) is 48.5 Å². The molecule has 5 N–H and O–H groups in total. The summed E-state index contributed by atoms with van der Waals surface area (Å²) in [6.45, 7) is 2.53. The van der Waals surface area contributed by atoms with Crippen LogP contribution in [-0.2, 0) is 27.2 Å². The number of esters is 1. The molecule has 2 aromatic rings. The Morgan fingerprint density at radius 3 is 1.53 bits per heavy atom. The quantitative estimate of drug-likeness (QED) is 0.184. The zero-order chi connectivity index (χ0) is 27.2. The maximum absolute atomic E-state index is 12.5. The topological polar surface area (TPSA) is 122 Å². The van der Waals surface area contributed by atoms with Crippen molar-refractivity contribution in [2.24, 2.45) is 11.5 Å². The van der Waals surface area contributed by atoms with Crippen molar-refractivity contribution in [2.75, 3.05) is 60.2 Å². The molecule has 0 unspecified atom stereocenters. The van der Waals surface area contributed by atoms with E-state index >= 15 is 0 Å². The smallest absolute Gasteiger partial charge is 0.323 e. The summed E-state index contributed by atoms with van der Waals surface area (Å²) in [7, 11) is 0.